The van der Waals surface area contributed by atoms with Gasteiger partial charge in [-0.15, -0.1) is 0 Å². The van der Waals surface area contributed by atoms with Crippen LogP contribution in [-0.2, 0) is 6.42 Å². The molecule has 0 aliphatic rings. The number of amides is 1. The van der Waals surface area contributed by atoms with Gasteiger partial charge in [0.1, 0.15) is 17.2 Å². The summed E-state index contributed by atoms with van der Waals surface area (Å²) in [6, 6.07) is 5.79. The van der Waals surface area contributed by atoms with E-state index in [0.29, 0.717) is 17.8 Å². The zero-order valence-corrected chi connectivity index (χ0v) is 12.8. The number of aryl methyl sites for hydroxylation is 1. The highest BCUT2D eigenvalue weighted by Gasteiger charge is 2.19. The number of nitrogens with zero attached hydrogens (tertiary/aromatic N) is 2. The van der Waals surface area contributed by atoms with Gasteiger partial charge in [-0.2, -0.15) is 0 Å². The van der Waals surface area contributed by atoms with Crippen LogP contribution in [0.1, 0.15) is 29.5 Å². The molecule has 2 heterocycles. The van der Waals surface area contributed by atoms with Gasteiger partial charge in [0.05, 0.1) is 5.69 Å². The average Bonchev–Trinajstić information content (AvgIpc) is 2.88. The van der Waals surface area contributed by atoms with Crippen LogP contribution in [0.25, 0.3) is 5.65 Å². The number of hydrogen-bond acceptors (Lipinski definition) is 2. The molecule has 3 rings (SSSR count). The number of halogens is 3. The van der Waals surface area contributed by atoms with Crippen LogP contribution in [0.3, 0.4) is 0 Å². The van der Waals surface area contributed by atoms with E-state index in [0.717, 1.165) is 18.6 Å². The van der Waals surface area contributed by atoms with Gasteiger partial charge in [-0.3, -0.25) is 9.20 Å². The molecule has 124 valence electrons. The Bertz CT molecular complexity index is 921. The Labute approximate surface area is 135 Å². The molecule has 24 heavy (non-hydrogen) atoms. The Balaban J connectivity index is 2.02. The number of carbonyl (C=O) groups is 1. The molecule has 0 atom stereocenters. The first kappa shape index (κ1) is 16.0. The van der Waals surface area contributed by atoms with Crippen molar-refractivity contribution in [3.8, 4) is 0 Å². The summed E-state index contributed by atoms with van der Waals surface area (Å²) < 4.78 is 41.2. The number of rotatable bonds is 4. The minimum atomic E-state index is -1.06. The van der Waals surface area contributed by atoms with Crippen molar-refractivity contribution in [2.75, 3.05) is 5.32 Å². The number of benzene rings is 1. The smallest absolute Gasteiger partial charge is 0.274 e. The summed E-state index contributed by atoms with van der Waals surface area (Å²) in [5, 5.41) is 2.49. The third-order valence-electron chi connectivity index (χ3n) is 3.53. The maximum Gasteiger partial charge on any atom is 0.274 e. The number of pyridine rings is 1. The summed E-state index contributed by atoms with van der Waals surface area (Å²) in [5.41, 5.74) is 1.24. The lowest BCUT2D eigenvalue weighted by Gasteiger charge is -2.07. The quantitative estimate of drug-likeness (QED) is 0.786. The Morgan fingerprint density at radius 1 is 1.17 bits per heavy atom. The summed E-state index contributed by atoms with van der Waals surface area (Å²) >= 11 is 0. The SMILES string of the molecule is CCCc1nc2ccc(F)cn2c1C(=O)Nc1ccc(F)c(F)c1. The zero-order chi connectivity index (χ0) is 17.3. The minimum Gasteiger partial charge on any atom is -0.321 e. The van der Waals surface area contributed by atoms with Crippen LogP contribution in [-0.4, -0.2) is 15.3 Å². The van der Waals surface area contributed by atoms with Crippen molar-refractivity contribution in [3.05, 3.63) is 65.4 Å². The molecule has 0 unspecified atom stereocenters. The average molecular weight is 333 g/mol. The van der Waals surface area contributed by atoms with Gasteiger partial charge in [-0.05, 0) is 30.7 Å². The van der Waals surface area contributed by atoms with Gasteiger partial charge in [0, 0.05) is 18.0 Å². The second kappa shape index (κ2) is 6.35. The van der Waals surface area contributed by atoms with Crippen molar-refractivity contribution in [2.24, 2.45) is 0 Å². The normalized spacial score (nSPS) is 11.0. The topological polar surface area (TPSA) is 46.4 Å². The molecule has 7 heteroatoms. The van der Waals surface area contributed by atoms with Gasteiger partial charge < -0.3 is 5.32 Å². The molecule has 0 spiro atoms. The summed E-state index contributed by atoms with van der Waals surface area (Å²) in [6.45, 7) is 1.93. The summed E-state index contributed by atoms with van der Waals surface area (Å²) in [5.74, 6) is -3.14. The van der Waals surface area contributed by atoms with Crippen molar-refractivity contribution in [3.63, 3.8) is 0 Å². The minimum absolute atomic E-state index is 0.104. The Kier molecular flexibility index (Phi) is 4.24. The van der Waals surface area contributed by atoms with Gasteiger partial charge in [-0.25, -0.2) is 18.2 Å². The predicted molar refractivity (Wildman–Crippen MR) is 83.5 cm³/mol. The number of carbonyl (C=O) groups excluding carboxylic acids is 1. The lowest BCUT2D eigenvalue weighted by atomic mass is 10.2. The van der Waals surface area contributed by atoms with Crippen molar-refractivity contribution >= 4 is 17.2 Å². The molecule has 0 radical (unpaired) electrons. The molecular weight excluding hydrogens is 319 g/mol. The Morgan fingerprint density at radius 3 is 2.67 bits per heavy atom. The summed E-state index contributed by atoms with van der Waals surface area (Å²) in [4.78, 5) is 16.9. The lowest BCUT2D eigenvalue weighted by molar-refractivity contribution is 0.102. The maximum absolute atomic E-state index is 13.5. The van der Waals surface area contributed by atoms with Gasteiger partial charge in [0.2, 0.25) is 0 Å². The van der Waals surface area contributed by atoms with Crippen LogP contribution in [0.15, 0.2) is 36.5 Å². The van der Waals surface area contributed by atoms with E-state index in [-0.39, 0.29) is 11.4 Å². The third kappa shape index (κ3) is 2.97. The fourth-order valence-electron chi connectivity index (χ4n) is 2.48. The number of nitrogens with one attached hydrogen (secondary N) is 1. The van der Waals surface area contributed by atoms with E-state index in [1.54, 1.807) is 0 Å². The standard InChI is InChI=1S/C17H14F3N3O/c1-2-3-14-16(23-9-10(18)4-7-15(23)22-14)17(24)21-11-5-6-12(19)13(20)8-11/h4-9H,2-3H2,1H3,(H,21,24). The molecule has 1 amide bonds. The fourth-order valence-corrected chi connectivity index (χ4v) is 2.48. The largest absolute Gasteiger partial charge is 0.321 e. The molecule has 0 aliphatic heterocycles. The van der Waals surface area contributed by atoms with Crippen LogP contribution in [0.2, 0.25) is 0 Å². The molecule has 0 saturated heterocycles. The van der Waals surface area contributed by atoms with Gasteiger partial charge in [-0.1, -0.05) is 13.3 Å². The van der Waals surface area contributed by atoms with E-state index in [1.165, 1.54) is 28.8 Å². The van der Waals surface area contributed by atoms with Crippen molar-refractivity contribution in [1.29, 1.82) is 0 Å². The molecule has 4 nitrogen and oxygen atoms in total. The molecule has 1 N–H and O–H groups in total. The summed E-state index contributed by atoms with van der Waals surface area (Å²) in [6.07, 6.45) is 2.45. The number of imidazole rings is 1. The summed E-state index contributed by atoms with van der Waals surface area (Å²) in [7, 11) is 0. The first-order valence-electron chi connectivity index (χ1n) is 7.42. The van der Waals surface area contributed by atoms with Crippen LogP contribution in [0, 0.1) is 17.5 Å². The molecule has 0 aliphatic carbocycles. The number of aromatic nitrogens is 2. The van der Waals surface area contributed by atoms with E-state index >= 15 is 0 Å². The second-order valence-electron chi connectivity index (χ2n) is 5.32. The van der Waals surface area contributed by atoms with Gasteiger partial charge in [0.15, 0.2) is 11.6 Å². The highest BCUT2D eigenvalue weighted by atomic mass is 19.2. The first-order chi connectivity index (χ1) is 11.5. The van der Waals surface area contributed by atoms with Crippen LogP contribution < -0.4 is 5.32 Å². The van der Waals surface area contributed by atoms with Crippen molar-refractivity contribution in [2.45, 2.75) is 19.8 Å². The third-order valence-corrected chi connectivity index (χ3v) is 3.53. The molecular formula is C17H14F3N3O. The van der Waals surface area contributed by atoms with Crippen LogP contribution in [0.5, 0.6) is 0 Å². The molecule has 0 bridgehead atoms. The maximum atomic E-state index is 13.5. The van der Waals surface area contributed by atoms with Gasteiger partial charge in [0.25, 0.3) is 5.91 Å². The van der Waals surface area contributed by atoms with Crippen LogP contribution >= 0.6 is 0 Å². The highest BCUT2D eigenvalue weighted by molar-refractivity contribution is 6.04. The van der Waals surface area contributed by atoms with E-state index < -0.39 is 23.4 Å². The monoisotopic (exact) mass is 333 g/mol. The predicted octanol–water partition coefficient (Wildman–Crippen LogP) is 3.96. The van der Waals surface area contributed by atoms with Crippen molar-refractivity contribution in [1.82, 2.24) is 9.38 Å². The van der Waals surface area contributed by atoms with E-state index in [9.17, 15) is 18.0 Å². The lowest BCUT2D eigenvalue weighted by Crippen LogP contribution is -2.16. The highest BCUT2D eigenvalue weighted by Crippen LogP contribution is 2.19. The van der Waals surface area contributed by atoms with E-state index in [2.05, 4.69) is 10.3 Å². The molecule has 0 fully saturated rings. The van der Waals surface area contributed by atoms with E-state index in [1.807, 2.05) is 6.92 Å². The molecule has 2 aromatic heterocycles. The van der Waals surface area contributed by atoms with Gasteiger partial charge >= 0.3 is 0 Å². The molecule has 3 aromatic rings. The number of fused-ring (bicyclic) bond motifs is 1. The first-order valence-corrected chi connectivity index (χ1v) is 7.42. The zero-order valence-electron chi connectivity index (χ0n) is 12.8. The number of anilines is 1. The number of hydrogen-bond donors (Lipinski definition) is 1. The molecule has 1 aromatic carbocycles. The second-order valence-corrected chi connectivity index (χ2v) is 5.32. The van der Waals surface area contributed by atoms with Crippen molar-refractivity contribution < 1.29 is 18.0 Å². The van der Waals surface area contributed by atoms with E-state index in [4.69, 9.17) is 0 Å². The Hall–Kier alpha value is -2.83. The van der Waals surface area contributed by atoms with Crippen LogP contribution in [0.4, 0.5) is 18.9 Å². The fraction of sp³-hybridized carbons (Fsp3) is 0.176. The molecule has 0 saturated carbocycles. The Morgan fingerprint density at radius 2 is 1.96 bits per heavy atom.